The molecule has 0 saturated carbocycles. The lowest BCUT2D eigenvalue weighted by molar-refractivity contribution is 0.543. The molecule has 0 aliphatic carbocycles. The van der Waals surface area contributed by atoms with Gasteiger partial charge in [0.25, 0.3) is 0 Å². The molecule has 1 atom stereocenters. The van der Waals surface area contributed by atoms with Crippen LogP contribution in [0.4, 0.5) is 4.39 Å². The van der Waals surface area contributed by atoms with Crippen LogP contribution in [0.5, 0.6) is 0 Å². The maximum absolute atomic E-state index is 13.3. The molecule has 2 aromatic carbocycles. The van der Waals surface area contributed by atoms with Crippen LogP contribution in [0.25, 0.3) is 0 Å². The Morgan fingerprint density at radius 3 is 2.38 bits per heavy atom. The van der Waals surface area contributed by atoms with Gasteiger partial charge < -0.3 is 5.32 Å². The number of benzene rings is 2. The highest BCUT2D eigenvalue weighted by Crippen LogP contribution is 2.26. The Hall–Kier alpha value is -0.940. The first-order chi connectivity index (χ1) is 10.0. The molecule has 2 rings (SSSR count). The standard InChI is InChI=1S/C18H21FIN/c1-4-21-18(15-9-8-14(19)10-17(15)20)11-16-12(2)6-5-7-13(16)3/h5-10,18,21H,4,11H2,1-3H3. The van der Waals surface area contributed by atoms with E-state index in [2.05, 4.69) is 66.9 Å². The molecule has 1 nitrogen and oxygen atoms in total. The minimum Gasteiger partial charge on any atom is -0.310 e. The summed E-state index contributed by atoms with van der Waals surface area (Å²) in [5.41, 5.74) is 5.18. The van der Waals surface area contributed by atoms with Crippen molar-refractivity contribution >= 4 is 22.6 Å². The molecule has 21 heavy (non-hydrogen) atoms. The third-order valence-electron chi connectivity index (χ3n) is 3.84. The Bertz CT molecular complexity index is 604. The summed E-state index contributed by atoms with van der Waals surface area (Å²) in [6.45, 7) is 7.30. The van der Waals surface area contributed by atoms with E-state index in [0.29, 0.717) is 0 Å². The van der Waals surface area contributed by atoms with Gasteiger partial charge in [0, 0.05) is 9.61 Å². The molecule has 0 amide bonds. The molecule has 0 spiro atoms. The summed E-state index contributed by atoms with van der Waals surface area (Å²) in [7, 11) is 0. The minimum atomic E-state index is -0.175. The molecule has 2 aromatic rings. The first-order valence-corrected chi connectivity index (χ1v) is 8.34. The van der Waals surface area contributed by atoms with Crippen molar-refractivity contribution in [2.24, 2.45) is 0 Å². The minimum absolute atomic E-state index is 0.175. The van der Waals surface area contributed by atoms with Crippen LogP contribution in [0.2, 0.25) is 0 Å². The third-order valence-corrected chi connectivity index (χ3v) is 4.78. The van der Waals surface area contributed by atoms with Crippen LogP contribution in [-0.2, 0) is 6.42 Å². The molecule has 1 N–H and O–H groups in total. The largest absolute Gasteiger partial charge is 0.310 e. The van der Waals surface area contributed by atoms with Crippen molar-refractivity contribution in [2.45, 2.75) is 33.2 Å². The number of hydrogen-bond donors (Lipinski definition) is 1. The van der Waals surface area contributed by atoms with Gasteiger partial charge in [-0.1, -0.05) is 31.2 Å². The number of likely N-dealkylation sites (N-methyl/N-ethyl adjacent to an activating group) is 1. The Kier molecular flexibility index (Phi) is 5.76. The van der Waals surface area contributed by atoms with Crippen LogP contribution in [0, 0.1) is 23.2 Å². The first kappa shape index (κ1) is 16.4. The molecule has 0 heterocycles. The van der Waals surface area contributed by atoms with Gasteiger partial charge in [0.15, 0.2) is 0 Å². The summed E-state index contributed by atoms with van der Waals surface area (Å²) in [6.07, 6.45) is 0.925. The van der Waals surface area contributed by atoms with Crippen molar-refractivity contribution in [3.63, 3.8) is 0 Å². The molecule has 0 aliphatic heterocycles. The van der Waals surface area contributed by atoms with Crippen molar-refractivity contribution in [1.82, 2.24) is 5.32 Å². The van der Waals surface area contributed by atoms with E-state index in [1.807, 2.05) is 6.07 Å². The highest BCUT2D eigenvalue weighted by atomic mass is 127. The van der Waals surface area contributed by atoms with Gasteiger partial charge in [0.2, 0.25) is 0 Å². The highest BCUT2D eigenvalue weighted by Gasteiger charge is 2.16. The molecule has 0 aliphatic rings. The second-order valence-corrected chi connectivity index (χ2v) is 6.51. The maximum atomic E-state index is 13.3. The Morgan fingerprint density at radius 2 is 1.81 bits per heavy atom. The zero-order valence-electron chi connectivity index (χ0n) is 12.7. The second kappa shape index (κ2) is 7.36. The van der Waals surface area contributed by atoms with Crippen LogP contribution in [0.1, 0.15) is 35.2 Å². The highest BCUT2D eigenvalue weighted by molar-refractivity contribution is 14.1. The summed E-state index contributed by atoms with van der Waals surface area (Å²) in [5.74, 6) is -0.175. The SMILES string of the molecule is CCNC(Cc1c(C)cccc1C)c1ccc(F)cc1I. The van der Waals surface area contributed by atoms with Crippen LogP contribution in [0.15, 0.2) is 36.4 Å². The predicted molar refractivity (Wildman–Crippen MR) is 95.2 cm³/mol. The number of halogens is 2. The van der Waals surface area contributed by atoms with Gasteiger partial charge in [-0.2, -0.15) is 0 Å². The average molecular weight is 397 g/mol. The summed E-state index contributed by atoms with van der Waals surface area (Å²) in [4.78, 5) is 0. The van der Waals surface area contributed by atoms with Crippen LogP contribution >= 0.6 is 22.6 Å². The van der Waals surface area contributed by atoms with Crippen molar-refractivity contribution < 1.29 is 4.39 Å². The zero-order chi connectivity index (χ0) is 15.4. The van der Waals surface area contributed by atoms with E-state index in [-0.39, 0.29) is 11.9 Å². The van der Waals surface area contributed by atoms with Crippen LogP contribution in [-0.4, -0.2) is 6.54 Å². The fourth-order valence-electron chi connectivity index (χ4n) is 2.70. The normalized spacial score (nSPS) is 12.4. The fraction of sp³-hybridized carbons (Fsp3) is 0.333. The summed E-state index contributed by atoms with van der Waals surface area (Å²) >= 11 is 2.22. The van der Waals surface area contributed by atoms with Gasteiger partial charge in [0.1, 0.15) is 5.82 Å². The lowest BCUT2D eigenvalue weighted by Gasteiger charge is -2.22. The van der Waals surface area contributed by atoms with Gasteiger partial charge >= 0.3 is 0 Å². The van der Waals surface area contributed by atoms with Gasteiger partial charge in [-0.3, -0.25) is 0 Å². The lowest BCUT2D eigenvalue weighted by atomic mass is 9.93. The Morgan fingerprint density at radius 1 is 1.14 bits per heavy atom. The third kappa shape index (κ3) is 4.04. The van der Waals surface area contributed by atoms with Crippen molar-refractivity contribution in [1.29, 1.82) is 0 Å². The van der Waals surface area contributed by atoms with E-state index in [4.69, 9.17) is 0 Å². The van der Waals surface area contributed by atoms with Gasteiger partial charge in [-0.25, -0.2) is 4.39 Å². The zero-order valence-corrected chi connectivity index (χ0v) is 14.9. The molecule has 0 saturated heterocycles. The van der Waals surface area contributed by atoms with Crippen molar-refractivity contribution in [2.75, 3.05) is 6.54 Å². The molecule has 0 fully saturated rings. The van der Waals surface area contributed by atoms with Crippen molar-refractivity contribution in [3.8, 4) is 0 Å². The van der Waals surface area contributed by atoms with Crippen molar-refractivity contribution in [3.05, 3.63) is 68.0 Å². The lowest BCUT2D eigenvalue weighted by Crippen LogP contribution is -2.24. The van der Waals surface area contributed by atoms with Gasteiger partial charge in [-0.15, -0.1) is 0 Å². The fourth-order valence-corrected chi connectivity index (χ4v) is 3.55. The molecule has 0 aromatic heterocycles. The quantitative estimate of drug-likeness (QED) is 0.705. The molecular formula is C18H21FIN. The van der Waals surface area contributed by atoms with E-state index in [9.17, 15) is 4.39 Å². The molecule has 0 radical (unpaired) electrons. The summed E-state index contributed by atoms with van der Waals surface area (Å²) in [6, 6.07) is 11.7. The summed E-state index contributed by atoms with van der Waals surface area (Å²) in [5, 5.41) is 3.53. The van der Waals surface area contributed by atoms with Crippen LogP contribution in [0.3, 0.4) is 0 Å². The molecule has 3 heteroatoms. The summed E-state index contributed by atoms with van der Waals surface area (Å²) < 4.78 is 14.3. The van der Waals surface area contributed by atoms with Gasteiger partial charge in [-0.05, 0) is 83.8 Å². The molecule has 0 bridgehead atoms. The number of aryl methyl sites for hydroxylation is 2. The Balaban J connectivity index is 2.35. The monoisotopic (exact) mass is 397 g/mol. The van der Waals surface area contributed by atoms with E-state index in [1.54, 1.807) is 12.1 Å². The first-order valence-electron chi connectivity index (χ1n) is 7.26. The number of rotatable bonds is 5. The van der Waals surface area contributed by atoms with E-state index >= 15 is 0 Å². The van der Waals surface area contributed by atoms with E-state index < -0.39 is 0 Å². The predicted octanol–water partition coefficient (Wildman–Crippen LogP) is 4.94. The maximum Gasteiger partial charge on any atom is 0.124 e. The average Bonchev–Trinajstić information content (AvgIpc) is 2.42. The number of hydrogen-bond acceptors (Lipinski definition) is 1. The molecule has 112 valence electrons. The van der Waals surface area contributed by atoms with E-state index in [1.165, 1.54) is 22.3 Å². The van der Waals surface area contributed by atoms with Gasteiger partial charge in [0.05, 0.1) is 0 Å². The molecule has 1 unspecified atom stereocenters. The topological polar surface area (TPSA) is 12.0 Å². The molecular weight excluding hydrogens is 376 g/mol. The smallest absolute Gasteiger partial charge is 0.124 e. The second-order valence-electron chi connectivity index (χ2n) is 5.35. The van der Waals surface area contributed by atoms with Crippen LogP contribution < -0.4 is 5.32 Å². The Labute approximate surface area is 140 Å². The van der Waals surface area contributed by atoms with E-state index in [0.717, 1.165) is 16.5 Å². The number of nitrogens with one attached hydrogen (secondary N) is 1.